The van der Waals surface area contributed by atoms with Crippen molar-refractivity contribution in [3.8, 4) is 11.5 Å². The Hall–Kier alpha value is -1.67. The van der Waals surface area contributed by atoms with Gasteiger partial charge in [-0.2, -0.15) is 0 Å². The van der Waals surface area contributed by atoms with Crippen molar-refractivity contribution in [1.29, 1.82) is 0 Å². The molecule has 1 heterocycles. The van der Waals surface area contributed by atoms with E-state index in [1.807, 2.05) is 72.4 Å². The van der Waals surface area contributed by atoms with Crippen LogP contribution in [0.15, 0.2) is 65.1 Å². The van der Waals surface area contributed by atoms with Crippen LogP contribution in [0.5, 0.6) is 11.5 Å². The number of hydrogen-bond acceptors (Lipinski definition) is 5. The molecule has 0 radical (unpaired) electrons. The molecule has 1 aromatic heterocycles. The fourth-order valence-electron chi connectivity index (χ4n) is 3.53. The van der Waals surface area contributed by atoms with Gasteiger partial charge in [-0.25, -0.2) is 0 Å². The first-order valence-electron chi connectivity index (χ1n) is 10.0. The Labute approximate surface area is 232 Å². The molecule has 0 fully saturated rings. The topological polar surface area (TPSA) is 65.7 Å². The van der Waals surface area contributed by atoms with Crippen molar-refractivity contribution in [2.24, 2.45) is 0 Å². The highest BCUT2D eigenvalue weighted by Gasteiger charge is 2.23. The largest absolute Gasteiger partial charge is 0.460 e. The number of carbonyl (C=O) groups is 2. The van der Waals surface area contributed by atoms with E-state index < -0.39 is 0 Å². The Kier molecular flexibility index (Phi) is 7.95. The van der Waals surface area contributed by atoms with E-state index in [-0.39, 0.29) is 18.2 Å². The standard InChI is InChI=1S/C25H17I3O5/c1-2-20-23(24(30)15-11-18(26)25(33-28)19(27)12-15)17-9-8-16(13-21(17)32-20)31-22(29)10-14-6-4-3-5-7-14/h3-9,11-13H,2,10H2,1H3. The number of ketones is 1. The monoisotopic (exact) mass is 778 g/mol. The average molecular weight is 778 g/mol. The summed E-state index contributed by atoms with van der Waals surface area (Å²) in [6.07, 6.45) is 0.733. The highest BCUT2D eigenvalue weighted by atomic mass is 127. The highest BCUT2D eigenvalue weighted by molar-refractivity contribution is 14.1. The van der Waals surface area contributed by atoms with E-state index in [9.17, 15) is 9.59 Å². The van der Waals surface area contributed by atoms with Gasteiger partial charge in [0.1, 0.15) is 17.1 Å². The molecule has 0 spiro atoms. The number of fused-ring (bicyclic) bond motifs is 1. The van der Waals surface area contributed by atoms with Gasteiger partial charge in [-0.15, -0.1) is 0 Å². The first kappa shape index (κ1) is 24.5. The maximum Gasteiger partial charge on any atom is 0.315 e. The lowest BCUT2D eigenvalue weighted by Gasteiger charge is -2.08. The van der Waals surface area contributed by atoms with Crippen molar-refractivity contribution >= 4 is 90.9 Å². The number of ether oxygens (including phenoxy) is 1. The predicted octanol–water partition coefficient (Wildman–Crippen LogP) is 7.31. The molecule has 4 rings (SSSR count). The Morgan fingerprint density at radius 2 is 1.67 bits per heavy atom. The number of hydrogen-bond donors (Lipinski definition) is 0. The van der Waals surface area contributed by atoms with Gasteiger partial charge in [-0.1, -0.05) is 37.3 Å². The van der Waals surface area contributed by atoms with E-state index in [0.29, 0.717) is 40.0 Å². The summed E-state index contributed by atoms with van der Waals surface area (Å²) in [4.78, 5) is 25.8. The van der Waals surface area contributed by atoms with Gasteiger partial charge in [0.15, 0.2) is 34.5 Å². The summed E-state index contributed by atoms with van der Waals surface area (Å²) in [5, 5.41) is 0.693. The van der Waals surface area contributed by atoms with Crippen LogP contribution >= 0.6 is 68.2 Å². The smallest absolute Gasteiger partial charge is 0.315 e. The lowest BCUT2D eigenvalue weighted by atomic mass is 9.99. The zero-order chi connectivity index (χ0) is 23.5. The summed E-state index contributed by atoms with van der Waals surface area (Å²) >= 11 is 6.17. The molecule has 0 saturated heterocycles. The molecular formula is C25H17I3O5. The van der Waals surface area contributed by atoms with Crippen molar-refractivity contribution < 1.29 is 21.8 Å². The van der Waals surface area contributed by atoms with Crippen molar-refractivity contribution in [2.75, 3.05) is 0 Å². The molecule has 168 valence electrons. The number of aryl methyl sites for hydroxylation is 1. The molecule has 0 aliphatic rings. The minimum atomic E-state index is -0.360. The van der Waals surface area contributed by atoms with Crippen LogP contribution in [0.25, 0.3) is 11.0 Å². The normalized spacial score (nSPS) is 10.9. The molecule has 0 aliphatic carbocycles. The zero-order valence-corrected chi connectivity index (χ0v) is 23.8. The molecule has 3 aromatic carbocycles. The van der Waals surface area contributed by atoms with Crippen LogP contribution in [0.4, 0.5) is 0 Å². The summed E-state index contributed by atoms with van der Waals surface area (Å²) in [5.41, 5.74) is 2.49. The third-order valence-electron chi connectivity index (χ3n) is 5.04. The first-order valence-corrected chi connectivity index (χ1v) is 13.1. The molecule has 0 saturated carbocycles. The van der Waals surface area contributed by atoms with Crippen LogP contribution in [-0.2, 0) is 17.6 Å². The van der Waals surface area contributed by atoms with Crippen molar-refractivity contribution in [3.63, 3.8) is 0 Å². The lowest BCUT2D eigenvalue weighted by molar-refractivity contribution is -0.133. The molecule has 8 heteroatoms. The van der Waals surface area contributed by atoms with E-state index in [1.54, 1.807) is 18.2 Å². The van der Waals surface area contributed by atoms with Crippen LogP contribution < -0.4 is 7.80 Å². The number of rotatable bonds is 7. The fraction of sp³-hybridized carbons (Fsp3) is 0.120. The molecule has 0 atom stereocenters. The van der Waals surface area contributed by atoms with Crippen LogP contribution in [0, 0.1) is 7.14 Å². The maximum absolute atomic E-state index is 13.5. The van der Waals surface area contributed by atoms with Gasteiger partial charge >= 0.3 is 5.97 Å². The Morgan fingerprint density at radius 3 is 2.30 bits per heavy atom. The van der Waals surface area contributed by atoms with Crippen LogP contribution in [0.3, 0.4) is 0 Å². The average Bonchev–Trinajstić information content (AvgIpc) is 3.16. The minimum Gasteiger partial charge on any atom is -0.460 e. The van der Waals surface area contributed by atoms with Crippen LogP contribution in [0.2, 0.25) is 0 Å². The Morgan fingerprint density at radius 1 is 0.970 bits per heavy atom. The lowest BCUT2D eigenvalue weighted by Crippen LogP contribution is -2.11. The molecule has 0 amide bonds. The van der Waals surface area contributed by atoms with Gasteiger partial charge in [-0.3, -0.25) is 9.59 Å². The third-order valence-corrected chi connectivity index (χ3v) is 7.09. The van der Waals surface area contributed by atoms with E-state index in [1.165, 1.54) is 0 Å². The summed E-state index contributed by atoms with van der Waals surface area (Å²) < 4.78 is 18.6. The second kappa shape index (κ2) is 10.7. The zero-order valence-electron chi connectivity index (χ0n) is 17.4. The van der Waals surface area contributed by atoms with Crippen LogP contribution in [0.1, 0.15) is 34.2 Å². The Balaban J connectivity index is 1.65. The van der Waals surface area contributed by atoms with Crippen molar-refractivity contribution in [3.05, 3.63) is 90.3 Å². The molecule has 0 bridgehead atoms. The van der Waals surface area contributed by atoms with E-state index >= 15 is 0 Å². The van der Waals surface area contributed by atoms with Gasteiger partial charge in [-0.05, 0) is 75.0 Å². The van der Waals surface area contributed by atoms with Gasteiger partial charge in [0.05, 0.1) is 19.1 Å². The van der Waals surface area contributed by atoms with Gasteiger partial charge < -0.3 is 12.2 Å². The summed E-state index contributed by atoms with van der Waals surface area (Å²) in [5.74, 6) is 1.24. The minimum absolute atomic E-state index is 0.115. The first-order chi connectivity index (χ1) is 15.9. The molecule has 0 unspecified atom stereocenters. The van der Waals surface area contributed by atoms with Gasteiger partial charge in [0, 0.05) is 23.4 Å². The third kappa shape index (κ3) is 5.37. The van der Waals surface area contributed by atoms with E-state index in [4.69, 9.17) is 12.2 Å². The van der Waals surface area contributed by atoms with Crippen LogP contribution in [-0.4, -0.2) is 11.8 Å². The van der Waals surface area contributed by atoms with E-state index in [0.717, 1.165) is 18.5 Å². The molecule has 0 aliphatic heterocycles. The maximum atomic E-state index is 13.5. The molecule has 4 aromatic rings. The summed E-state index contributed by atoms with van der Waals surface area (Å²) in [6, 6.07) is 18.2. The quantitative estimate of drug-likeness (QED) is 0.0853. The van der Waals surface area contributed by atoms with Gasteiger partial charge in [0.25, 0.3) is 0 Å². The fourth-order valence-corrected chi connectivity index (χ4v) is 6.83. The number of halogens is 3. The Bertz CT molecular complexity index is 1320. The number of carbonyl (C=O) groups excluding carboxylic acids is 2. The number of esters is 1. The molecular weight excluding hydrogens is 761 g/mol. The number of benzene rings is 3. The van der Waals surface area contributed by atoms with Crippen molar-refractivity contribution in [1.82, 2.24) is 0 Å². The summed E-state index contributed by atoms with van der Waals surface area (Å²) in [7, 11) is 0. The molecule has 5 nitrogen and oxygen atoms in total. The second-order valence-electron chi connectivity index (χ2n) is 7.22. The molecule has 33 heavy (non-hydrogen) atoms. The van der Waals surface area contributed by atoms with Gasteiger partial charge in [0.2, 0.25) is 0 Å². The predicted molar refractivity (Wildman–Crippen MR) is 151 cm³/mol. The second-order valence-corrected chi connectivity index (χ2v) is 9.99. The highest BCUT2D eigenvalue weighted by Crippen LogP contribution is 2.34. The number of furan rings is 1. The SMILES string of the molecule is CCc1oc2cc(OC(=O)Cc3ccccc3)ccc2c1C(=O)c1cc(I)c(OI)c(I)c1. The summed E-state index contributed by atoms with van der Waals surface area (Å²) in [6.45, 7) is 1.94. The van der Waals surface area contributed by atoms with Crippen molar-refractivity contribution in [2.45, 2.75) is 19.8 Å². The molecule has 0 N–H and O–H groups in total. The van der Waals surface area contributed by atoms with E-state index in [2.05, 4.69) is 45.2 Å².